The summed E-state index contributed by atoms with van der Waals surface area (Å²) >= 11 is -3.11. The van der Waals surface area contributed by atoms with Crippen molar-refractivity contribution in [2.24, 2.45) is 0 Å². The van der Waals surface area contributed by atoms with E-state index in [4.69, 9.17) is 30.8 Å². The monoisotopic (exact) mass is 240 g/mol. The van der Waals surface area contributed by atoms with Gasteiger partial charge in [-0.15, -0.1) is 11.4 Å². The van der Waals surface area contributed by atoms with E-state index >= 15 is 0 Å². The van der Waals surface area contributed by atoms with Gasteiger partial charge in [0.1, 0.15) is 0 Å². The molecule has 7 nitrogen and oxygen atoms in total. The number of rotatable bonds is 0. The van der Waals surface area contributed by atoms with Crippen LogP contribution in [0.15, 0.2) is 0 Å². The van der Waals surface area contributed by atoms with E-state index in [1.54, 1.807) is 0 Å². The summed E-state index contributed by atoms with van der Waals surface area (Å²) in [5.41, 5.74) is 0. The molecule has 0 amide bonds. The van der Waals surface area contributed by atoms with Crippen molar-refractivity contribution >= 4 is 82.6 Å². The largest absolute Gasteiger partial charge is 2.00 e. The molecule has 0 aromatic heterocycles. The molecule has 58 valence electrons. The van der Waals surface area contributed by atoms with E-state index in [0.29, 0.717) is 0 Å². The van der Waals surface area contributed by atoms with Crippen LogP contribution in [-0.2, 0) is 21.8 Å². The van der Waals surface area contributed by atoms with Crippen LogP contribution in [-0.4, -0.2) is 91.6 Å². The summed E-state index contributed by atoms with van der Waals surface area (Å²) in [7, 11) is -5.17. The third-order valence-corrected chi connectivity index (χ3v) is 0. The fraction of sp³-hybridized carbons (Fsp3) is 0. The molecule has 0 unspecified atom stereocenters. The summed E-state index contributed by atoms with van der Waals surface area (Å²) in [6.45, 7) is 0. The maximum absolute atomic E-state index is 8.52. The summed E-state index contributed by atoms with van der Waals surface area (Å²) < 4.78 is 59.4. The van der Waals surface area contributed by atoms with E-state index in [1.165, 1.54) is 0 Å². The molecule has 0 radical (unpaired) electrons. The molecule has 0 atom stereocenters. The Morgan fingerprint density at radius 3 is 1.09 bits per heavy atom. The van der Waals surface area contributed by atoms with Crippen LogP contribution in [0.4, 0.5) is 0 Å². The Morgan fingerprint density at radius 1 is 1.09 bits per heavy atom. The van der Waals surface area contributed by atoms with Crippen molar-refractivity contribution in [1.82, 2.24) is 0 Å². The van der Waals surface area contributed by atoms with Crippen molar-refractivity contribution in [2.75, 3.05) is 0 Å². The minimum absolute atomic E-state index is 0. The molecule has 0 aliphatic heterocycles. The summed E-state index contributed by atoms with van der Waals surface area (Å²) in [5.74, 6) is 0. The van der Waals surface area contributed by atoms with Crippen molar-refractivity contribution in [3.8, 4) is 0 Å². The van der Waals surface area contributed by atoms with Crippen LogP contribution in [0.3, 0.4) is 0 Å². The third kappa shape index (κ3) is 307. The van der Waals surface area contributed by atoms with Gasteiger partial charge in [0.05, 0.1) is 0 Å². The Kier molecular flexibility index (Phi) is 25.1. The summed E-state index contributed by atoms with van der Waals surface area (Å²) in [6.07, 6.45) is 0. The SMILES string of the molecule is O=S(=O)([O-])[O-].O=S([O-])[O-].[Ca+2].[Mg+2]. The average Bonchev–Trinajstić information content (AvgIpc) is 1.19. The quantitative estimate of drug-likeness (QED) is 0.189. The van der Waals surface area contributed by atoms with Crippen LogP contribution in [0, 0.1) is 0 Å². The first-order valence-electron chi connectivity index (χ1n) is 1.17. The molecule has 0 heterocycles. The van der Waals surface area contributed by atoms with Gasteiger partial charge < -0.3 is 18.2 Å². The first kappa shape index (κ1) is 23.1. The minimum Gasteiger partial charge on any atom is -0.784 e. The van der Waals surface area contributed by atoms with Crippen molar-refractivity contribution in [2.45, 2.75) is 0 Å². The third-order valence-electron chi connectivity index (χ3n) is 0. The van der Waals surface area contributed by atoms with Gasteiger partial charge in [-0.05, 0) is 0 Å². The van der Waals surface area contributed by atoms with E-state index in [-0.39, 0.29) is 60.8 Å². The van der Waals surface area contributed by atoms with Gasteiger partial charge >= 0.3 is 60.8 Å². The summed E-state index contributed by atoms with van der Waals surface area (Å²) in [5, 5.41) is 0. The minimum atomic E-state index is -5.17. The molecule has 0 N–H and O–H groups in total. The van der Waals surface area contributed by atoms with E-state index in [0.717, 1.165) is 0 Å². The van der Waals surface area contributed by atoms with Crippen LogP contribution in [0.5, 0.6) is 0 Å². The molecule has 0 bridgehead atoms. The summed E-state index contributed by atoms with van der Waals surface area (Å²) in [4.78, 5) is 0. The molecule has 0 aromatic carbocycles. The Labute approximate surface area is 112 Å². The summed E-state index contributed by atoms with van der Waals surface area (Å²) in [6, 6.07) is 0. The zero-order chi connectivity index (χ0) is 8.08. The molecule has 0 aliphatic carbocycles. The van der Waals surface area contributed by atoms with E-state index < -0.39 is 21.8 Å². The van der Waals surface area contributed by atoms with Gasteiger partial charge in [-0.2, -0.15) is 0 Å². The topological polar surface area (TPSA) is 143 Å². The fourth-order valence-corrected chi connectivity index (χ4v) is 0. The second-order valence-corrected chi connectivity index (χ2v) is 1.84. The van der Waals surface area contributed by atoms with E-state index in [2.05, 4.69) is 0 Å². The van der Waals surface area contributed by atoms with Crippen molar-refractivity contribution in [3.63, 3.8) is 0 Å². The van der Waals surface area contributed by atoms with Gasteiger partial charge in [0.15, 0.2) is 0 Å². The Bertz CT molecular complexity index is 159. The van der Waals surface area contributed by atoms with Gasteiger partial charge in [0.2, 0.25) is 0 Å². The van der Waals surface area contributed by atoms with Crippen LogP contribution in [0.2, 0.25) is 0 Å². The Morgan fingerprint density at radius 2 is 1.09 bits per heavy atom. The molecular formula is CaMgO7S2. The van der Waals surface area contributed by atoms with Crippen molar-refractivity contribution in [1.29, 1.82) is 0 Å². The maximum atomic E-state index is 8.52. The van der Waals surface area contributed by atoms with E-state index in [9.17, 15) is 0 Å². The van der Waals surface area contributed by atoms with Crippen LogP contribution < -0.4 is 0 Å². The van der Waals surface area contributed by atoms with Crippen LogP contribution >= 0.6 is 0 Å². The number of hydrogen-bond donors (Lipinski definition) is 0. The molecular weight excluding hydrogens is 241 g/mol. The van der Waals surface area contributed by atoms with Gasteiger partial charge in [0, 0.05) is 10.4 Å². The van der Waals surface area contributed by atoms with Crippen molar-refractivity contribution < 1.29 is 30.8 Å². The first-order chi connectivity index (χ1) is 3.73. The van der Waals surface area contributed by atoms with Gasteiger partial charge in [-0.25, -0.2) is 0 Å². The first-order valence-corrected chi connectivity index (χ1v) is 3.50. The Hall–Kier alpha value is 1.97. The second kappa shape index (κ2) is 12.0. The van der Waals surface area contributed by atoms with Gasteiger partial charge in [-0.1, -0.05) is 0 Å². The van der Waals surface area contributed by atoms with E-state index in [1.807, 2.05) is 0 Å². The second-order valence-electron chi connectivity index (χ2n) is 0.612. The zero-order valence-electron chi connectivity index (χ0n) is 5.09. The predicted molar refractivity (Wildman–Crippen MR) is 31.7 cm³/mol. The van der Waals surface area contributed by atoms with Crippen LogP contribution in [0.1, 0.15) is 0 Å². The Balaban J connectivity index is -0.0000000383. The molecule has 11 heavy (non-hydrogen) atoms. The molecule has 0 saturated heterocycles. The average molecular weight is 241 g/mol. The van der Waals surface area contributed by atoms with Crippen molar-refractivity contribution in [3.05, 3.63) is 0 Å². The fourth-order valence-electron chi connectivity index (χ4n) is 0. The predicted octanol–water partition coefficient (Wildman–Crippen LogP) is -3.10. The molecule has 11 heteroatoms. The zero-order valence-corrected chi connectivity index (χ0v) is 10.3. The molecule has 0 aliphatic rings. The smallest absolute Gasteiger partial charge is 0.784 e. The molecule has 0 spiro atoms. The molecule has 0 fully saturated rings. The normalized spacial score (nSPS) is 8.45. The van der Waals surface area contributed by atoms with Gasteiger partial charge in [0.25, 0.3) is 0 Å². The molecule has 0 saturated carbocycles. The maximum Gasteiger partial charge on any atom is 2.00 e. The van der Waals surface area contributed by atoms with Crippen LogP contribution in [0.25, 0.3) is 0 Å². The standard InChI is InChI=1S/Ca.Mg.H2O4S.H2O3S/c;;1-5(2,3)4;1-4(2)3/h;;(H2,1,2,3,4);(H2,1,2,3)/q2*+2;;/p-4. The van der Waals surface area contributed by atoms with Gasteiger partial charge in [-0.3, -0.25) is 12.6 Å². The molecule has 0 rings (SSSR count). The molecule has 0 aromatic rings. The number of hydrogen-bond acceptors (Lipinski definition) is 7.